The van der Waals surface area contributed by atoms with E-state index in [2.05, 4.69) is 5.32 Å². The van der Waals surface area contributed by atoms with Gasteiger partial charge in [-0.2, -0.15) is 0 Å². The number of hydrogen-bond acceptors (Lipinski definition) is 5. The molecular weight excluding hydrogens is 538 g/mol. The molecule has 0 saturated carbocycles. The summed E-state index contributed by atoms with van der Waals surface area (Å²) < 4.78 is 33.9. The van der Waals surface area contributed by atoms with Crippen molar-refractivity contribution in [2.24, 2.45) is 0 Å². The number of anilines is 1. The first kappa shape index (κ1) is 30.0. The van der Waals surface area contributed by atoms with E-state index in [9.17, 15) is 18.0 Å². The van der Waals surface area contributed by atoms with Crippen LogP contribution in [-0.2, 0) is 26.2 Å². The molecule has 0 aliphatic heterocycles. The number of nitrogens with one attached hydrogen (secondary N) is 1. The van der Waals surface area contributed by atoms with E-state index in [0.29, 0.717) is 16.3 Å². The predicted octanol–water partition coefficient (Wildman–Crippen LogP) is 4.88. The van der Waals surface area contributed by atoms with Crippen molar-refractivity contribution >= 4 is 39.1 Å². The summed E-state index contributed by atoms with van der Waals surface area (Å²) in [5.41, 5.74) is 0.962. The molecule has 208 valence electrons. The van der Waals surface area contributed by atoms with Gasteiger partial charge in [0.1, 0.15) is 18.3 Å². The van der Waals surface area contributed by atoms with Crippen LogP contribution in [0.4, 0.5) is 5.69 Å². The Kier molecular flexibility index (Phi) is 10.4. The smallest absolute Gasteiger partial charge is 0.264 e. The van der Waals surface area contributed by atoms with Crippen LogP contribution in [-0.4, -0.2) is 50.9 Å². The van der Waals surface area contributed by atoms with E-state index in [-0.39, 0.29) is 29.1 Å². The molecule has 39 heavy (non-hydrogen) atoms. The highest BCUT2D eigenvalue weighted by Crippen LogP contribution is 2.27. The van der Waals surface area contributed by atoms with Crippen LogP contribution >= 0.6 is 11.6 Å². The lowest BCUT2D eigenvalue weighted by atomic mass is 10.1. The number of rotatable bonds is 12. The fourth-order valence-electron chi connectivity index (χ4n) is 3.89. The summed E-state index contributed by atoms with van der Waals surface area (Å²) in [6.07, 6.45) is 0.722. The zero-order valence-electron chi connectivity index (χ0n) is 22.5. The first-order valence-corrected chi connectivity index (χ1v) is 14.4. The highest BCUT2D eigenvalue weighted by molar-refractivity contribution is 7.92. The van der Waals surface area contributed by atoms with Crippen molar-refractivity contribution in [2.75, 3.05) is 18.0 Å². The Balaban J connectivity index is 2.03. The number of ether oxygens (including phenoxy) is 1. The molecule has 3 aromatic rings. The highest BCUT2D eigenvalue weighted by Gasteiger charge is 2.33. The fourth-order valence-corrected chi connectivity index (χ4v) is 5.53. The molecule has 8 nitrogen and oxygen atoms in total. The topological polar surface area (TPSA) is 96.0 Å². The van der Waals surface area contributed by atoms with Gasteiger partial charge in [0.15, 0.2) is 0 Å². The number of nitrogens with zero attached hydrogens (tertiary/aromatic N) is 2. The molecule has 2 amide bonds. The third-order valence-electron chi connectivity index (χ3n) is 6.36. The van der Waals surface area contributed by atoms with E-state index >= 15 is 0 Å². The van der Waals surface area contributed by atoms with Gasteiger partial charge in [0, 0.05) is 23.7 Å². The summed E-state index contributed by atoms with van der Waals surface area (Å²) in [7, 11) is -2.67. The van der Waals surface area contributed by atoms with E-state index in [1.165, 1.54) is 24.1 Å². The van der Waals surface area contributed by atoms with E-state index in [4.69, 9.17) is 16.3 Å². The molecule has 0 bridgehead atoms. The first-order valence-electron chi connectivity index (χ1n) is 12.6. The number of halogens is 1. The SMILES string of the molecule is CC[C@@H](C)NC(=O)[C@@H](C)N(Cc1cccc(Cl)c1)C(=O)CN(c1cccc(OC)c1)S(=O)(=O)c1ccccc1. The van der Waals surface area contributed by atoms with Crippen LogP contribution in [0.5, 0.6) is 5.75 Å². The third kappa shape index (κ3) is 7.74. The average molecular weight is 572 g/mol. The minimum Gasteiger partial charge on any atom is -0.497 e. The lowest BCUT2D eigenvalue weighted by Gasteiger charge is -2.32. The summed E-state index contributed by atoms with van der Waals surface area (Å²) in [4.78, 5) is 28.4. The molecule has 1 N–H and O–H groups in total. The Hall–Kier alpha value is -3.56. The largest absolute Gasteiger partial charge is 0.497 e. The highest BCUT2D eigenvalue weighted by atomic mass is 35.5. The van der Waals surface area contributed by atoms with Gasteiger partial charge in [-0.3, -0.25) is 13.9 Å². The Morgan fingerprint density at radius 1 is 0.974 bits per heavy atom. The lowest BCUT2D eigenvalue weighted by molar-refractivity contribution is -0.139. The van der Waals surface area contributed by atoms with Crippen LogP contribution in [0.2, 0.25) is 5.02 Å². The van der Waals surface area contributed by atoms with Crippen molar-refractivity contribution in [3.8, 4) is 5.75 Å². The predicted molar refractivity (Wildman–Crippen MR) is 153 cm³/mol. The quantitative estimate of drug-likeness (QED) is 0.334. The molecule has 3 aromatic carbocycles. The van der Waals surface area contributed by atoms with Gasteiger partial charge in [-0.15, -0.1) is 0 Å². The zero-order chi connectivity index (χ0) is 28.6. The van der Waals surface area contributed by atoms with Crippen LogP contribution in [0, 0.1) is 0 Å². The monoisotopic (exact) mass is 571 g/mol. The maximum absolute atomic E-state index is 13.9. The molecule has 0 aromatic heterocycles. The van der Waals surface area contributed by atoms with E-state index in [1.54, 1.807) is 73.7 Å². The van der Waals surface area contributed by atoms with Crippen LogP contribution in [0.15, 0.2) is 83.8 Å². The Morgan fingerprint density at radius 3 is 2.31 bits per heavy atom. The molecule has 10 heteroatoms. The molecule has 0 heterocycles. The molecule has 0 unspecified atom stereocenters. The zero-order valence-corrected chi connectivity index (χ0v) is 24.1. The molecule has 0 aliphatic carbocycles. The molecule has 0 radical (unpaired) electrons. The van der Waals surface area contributed by atoms with Gasteiger partial charge in [0.05, 0.1) is 17.7 Å². The number of benzene rings is 3. The Bertz CT molecular complexity index is 1380. The van der Waals surface area contributed by atoms with Crippen LogP contribution in [0.1, 0.15) is 32.8 Å². The van der Waals surface area contributed by atoms with Crippen molar-refractivity contribution in [3.05, 3.63) is 89.4 Å². The maximum atomic E-state index is 13.9. The lowest BCUT2D eigenvalue weighted by Crippen LogP contribution is -2.52. The molecule has 0 saturated heterocycles. The van der Waals surface area contributed by atoms with E-state index in [1.807, 2.05) is 13.8 Å². The first-order chi connectivity index (χ1) is 18.6. The summed E-state index contributed by atoms with van der Waals surface area (Å²) in [6.45, 7) is 4.98. The maximum Gasteiger partial charge on any atom is 0.264 e. The van der Waals surface area contributed by atoms with Gasteiger partial charge < -0.3 is 15.0 Å². The molecular formula is C29H34ClN3O5S. The standard InChI is InChI=1S/C29H34ClN3O5S/c1-5-21(2)31-29(35)22(3)32(19-23-11-9-12-24(30)17-23)28(34)20-33(25-13-10-14-26(18-25)38-4)39(36,37)27-15-7-6-8-16-27/h6-18,21-22H,5,19-20H2,1-4H3,(H,31,35)/t21-,22-/m1/s1. The van der Waals surface area contributed by atoms with E-state index in [0.717, 1.165) is 10.7 Å². The number of methoxy groups -OCH3 is 1. The summed E-state index contributed by atoms with van der Waals surface area (Å²) in [5.74, 6) is -0.451. The van der Waals surface area contributed by atoms with E-state index < -0.39 is 28.5 Å². The van der Waals surface area contributed by atoms with Crippen molar-refractivity contribution in [1.82, 2.24) is 10.2 Å². The number of carbonyl (C=O) groups excluding carboxylic acids is 2. The number of carbonyl (C=O) groups is 2. The Morgan fingerprint density at radius 2 is 1.67 bits per heavy atom. The van der Waals surface area contributed by atoms with Crippen molar-refractivity contribution < 1.29 is 22.7 Å². The van der Waals surface area contributed by atoms with Gasteiger partial charge >= 0.3 is 0 Å². The fraction of sp³-hybridized carbons (Fsp3) is 0.310. The van der Waals surface area contributed by atoms with Gasteiger partial charge in [0.2, 0.25) is 11.8 Å². The molecule has 0 fully saturated rings. The Labute approximate surface area is 235 Å². The number of amides is 2. The van der Waals surface area contributed by atoms with Gasteiger partial charge in [-0.25, -0.2) is 8.42 Å². The normalized spacial score (nSPS) is 12.7. The average Bonchev–Trinajstić information content (AvgIpc) is 2.94. The molecule has 0 spiro atoms. The second-order valence-corrected chi connectivity index (χ2v) is 11.5. The summed E-state index contributed by atoms with van der Waals surface area (Å²) >= 11 is 6.18. The summed E-state index contributed by atoms with van der Waals surface area (Å²) in [6, 6.07) is 20.4. The van der Waals surface area contributed by atoms with Gasteiger partial charge in [-0.05, 0) is 62.2 Å². The number of sulfonamides is 1. The third-order valence-corrected chi connectivity index (χ3v) is 8.38. The van der Waals surface area contributed by atoms with Gasteiger partial charge in [-0.1, -0.05) is 54.9 Å². The minimum atomic E-state index is -4.15. The van der Waals surface area contributed by atoms with Crippen LogP contribution in [0.3, 0.4) is 0 Å². The van der Waals surface area contributed by atoms with Gasteiger partial charge in [0.25, 0.3) is 10.0 Å². The molecule has 2 atom stereocenters. The van der Waals surface area contributed by atoms with Crippen molar-refractivity contribution in [1.29, 1.82) is 0 Å². The minimum absolute atomic E-state index is 0.0320. The summed E-state index contributed by atoms with van der Waals surface area (Å²) in [5, 5.41) is 3.40. The molecule has 0 aliphatic rings. The van der Waals surface area contributed by atoms with Crippen molar-refractivity contribution in [3.63, 3.8) is 0 Å². The van der Waals surface area contributed by atoms with Crippen LogP contribution < -0.4 is 14.4 Å². The van der Waals surface area contributed by atoms with Crippen molar-refractivity contribution in [2.45, 2.75) is 50.7 Å². The second kappa shape index (κ2) is 13.5. The molecule has 3 rings (SSSR count). The number of hydrogen-bond donors (Lipinski definition) is 1. The van der Waals surface area contributed by atoms with Crippen LogP contribution in [0.25, 0.3) is 0 Å². The second-order valence-electron chi connectivity index (χ2n) is 9.17.